The number of hydrogen-bond acceptors (Lipinski definition) is 4. The molecule has 0 unspecified atom stereocenters. The Bertz CT molecular complexity index is 282. The van der Waals surface area contributed by atoms with Gasteiger partial charge in [0.1, 0.15) is 6.33 Å². The fourth-order valence-electron chi connectivity index (χ4n) is 0.864. The average molecular weight is 183 g/mol. The number of aromatic nitrogens is 3. The second kappa shape index (κ2) is 4.56. The first-order valence-corrected chi connectivity index (χ1v) is 4.03. The lowest BCUT2D eigenvalue weighted by Crippen LogP contribution is -2.26. The van der Waals surface area contributed by atoms with Crippen molar-refractivity contribution in [1.29, 1.82) is 0 Å². The van der Waals surface area contributed by atoms with Crippen LogP contribution >= 0.6 is 0 Å². The molecule has 0 radical (unpaired) electrons. The Labute approximate surface area is 76.1 Å². The van der Waals surface area contributed by atoms with Gasteiger partial charge in [-0.1, -0.05) is 0 Å². The summed E-state index contributed by atoms with van der Waals surface area (Å²) in [5.41, 5.74) is 5.21. The topological polar surface area (TPSA) is 85.8 Å². The number of amides is 1. The Hall–Kier alpha value is -1.43. The van der Waals surface area contributed by atoms with E-state index in [4.69, 9.17) is 5.73 Å². The standard InChI is InChI=1S/C7H13N5O/c1-12-5-10-11-6(12)4-9-7(13)2-3-8/h5H,2-4,8H2,1H3,(H,9,13). The summed E-state index contributed by atoms with van der Waals surface area (Å²) in [7, 11) is 1.82. The zero-order valence-electron chi connectivity index (χ0n) is 7.53. The van der Waals surface area contributed by atoms with E-state index in [1.807, 2.05) is 7.05 Å². The predicted molar refractivity (Wildman–Crippen MR) is 46.5 cm³/mol. The van der Waals surface area contributed by atoms with E-state index in [1.165, 1.54) is 0 Å². The number of carbonyl (C=O) groups excluding carboxylic acids is 1. The summed E-state index contributed by atoms with van der Waals surface area (Å²) in [6, 6.07) is 0. The third-order valence-electron chi connectivity index (χ3n) is 1.62. The summed E-state index contributed by atoms with van der Waals surface area (Å²) >= 11 is 0. The maximum absolute atomic E-state index is 11.0. The zero-order valence-corrected chi connectivity index (χ0v) is 7.53. The lowest BCUT2D eigenvalue weighted by Gasteiger charge is -2.02. The van der Waals surface area contributed by atoms with Gasteiger partial charge in [0.05, 0.1) is 6.54 Å². The predicted octanol–water partition coefficient (Wildman–Crippen LogP) is -1.22. The molecule has 0 aliphatic heterocycles. The molecule has 3 N–H and O–H groups in total. The minimum absolute atomic E-state index is 0.0644. The number of nitrogens with two attached hydrogens (primary N) is 1. The summed E-state index contributed by atoms with van der Waals surface area (Å²) in [6.07, 6.45) is 1.93. The molecule has 13 heavy (non-hydrogen) atoms. The number of carbonyl (C=O) groups is 1. The minimum atomic E-state index is -0.0644. The Morgan fingerprint density at radius 2 is 2.54 bits per heavy atom. The maximum atomic E-state index is 11.0. The molecule has 1 aromatic heterocycles. The van der Waals surface area contributed by atoms with E-state index in [1.54, 1.807) is 10.9 Å². The molecule has 0 aliphatic rings. The molecule has 72 valence electrons. The molecule has 1 rings (SSSR count). The molecule has 1 aromatic rings. The smallest absolute Gasteiger partial charge is 0.221 e. The van der Waals surface area contributed by atoms with Crippen molar-refractivity contribution in [3.8, 4) is 0 Å². The highest BCUT2D eigenvalue weighted by atomic mass is 16.1. The number of hydrogen-bond donors (Lipinski definition) is 2. The van der Waals surface area contributed by atoms with Crippen molar-refractivity contribution < 1.29 is 4.79 Å². The molecule has 0 saturated carbocycles. The molecule has 0 atom stereocenters. The van der Waals surface area contributed by atoms with E-state index in [-0.39, 0.29) is 5.91 Å². The third-order valence-corrected chi connectivity index (χ3v) is 1.62. The van der Waals surface area contributed by atoms with Crippen molar-refractivity contribution >= 4 is 5.91 Å². The fraction of sp³-hybridized carbons (Fsp3) is 0.571. The highest BCUT2D eigenvalue weighted by Gasteiger charge is 2.02. The summed E-state index contributed by atoms with van der Waals surface area (Å²) in [5, 5.41) is 10.2. The lowest BCUT2D eigenvalue weighted by molar-refractivity contribution is -0.121. The van der Waals surface area contributed by atoms with Crippen LogP contribution in [0.4, 0.5) is 0 Å². The normalized spacial score (nSPS) is 10.0. The number of rotatable bonds is 4. The van der Waals surface area contributed by atoms with Gasteiger partial charge in [0.15, 0.2) is 5.82 Å². The fourth-order valence-corrected chi connectivity index (χ4v) is 0.864. The number of nitrogens with zero attached hydrogens (tertiary/aromatic N) is 3. The SMILES string of the molecule is Cn1cnnc1CNC(=O)CCN. The van der Waals surface area contributed by atoms with Crippen LogP contribution in [0.25, 0.3) is 0 Å². The van der Waals surface area contributed by atoms with Crippen molar-refractivity contribution in [3.05, 3.63) is 12.2 Å². The van der Waals surface area contributed by atoms with Gasteiger partial charge in [0.2, 0.25) is 5.91 Å². The molecule has 0 aliphatic carbocycles. The Balaban J connectivity index is 2.35. The molecular weight excluding hydrogens is 170 g/mol. The van der Waals surface area contributed by atoms with Gasteiger partial charge >= 0.3 is 0 Å². The average Bonchev–Trinajstić information content (AvgIpc) is 2.48. The van der Waals surface area contributed by atoms with Gasteiger partial charge in [-0.25, -0.2) is 0 Å². The second-order valence-corrected chi connectivity index (χ2v) is 2.67. The van der Waals surface area contributed by atoms with Crippen molar-refractivity contribution in [2.24, 2.45) is 12.8 Å². The van der Waals surface area contributed by atoms with Gasteiger partial charge in [0, 0.05) is 20.0 Å². The summed E-state index contributed by atoms with van der Waals surface area (Å²) in [4.78, 5) is 11.0. The first-order valence-electron chi connectivity index (χ1n) is 4.03. The second-order valence-electron chi connectivity index (χ2n) is 2.67. The maximum Gasteiger partial charge on any atom is 0.221 e. The lowest BCUT2D eigenvalue weighted by atomic mass is 10.4. The monoisotopic (exact) mass is 183 g/mol. The highest BCUT2D eigenvalue weighted by molar-refractivity contribution is 5.75. The molecule has 0 spiro atoms. The van der Waals surface area contributed by atoms with Crippen LogP contribution in [0.15, 0.2) is 6.33 Å². The van der Waals surface area contributed by atoms with Crippen LogP contribution in [0, 0.1) is 0 Å². The van der Waals surface area contributed by atoms with E-state index < -0.39 is 0 Å². The minimum Gasteiger partial charge on any atom is -0.349 e. The molecule has 0 saturated heterocycles. The molecule has 0 aromatic carbocycles. The van der Waals surface area contributed by atoms with Gasteiger partial charge in [-0.2, -0.15) is 0 Å². The van der Waals surface area contributed by atoms with E-state index in [2.05, 4.69) is 15.5 Å². The van der Waals surface area contributed by atoms with Crippen LogP contribution < -0.4 is 11.1 Å². The van der Waals surface area contributed by atoms with E-state index >= 15 is 0 Å². The van der Waals surface area contributed by atoms with Crippen LogP contribution in [0.5, 0.6) is 0 Å². The van der Waals surface area contributed by atoms with E-state index in [0.717, 1.165) is 5.82 Å². The first kappa shape index (κ1) is 9.66. The van der Waals surface area contributed by atoms with Crippen molar-refractivity contribution in [2.75, 3.05) is 6.54 Å². The van der Waals surface area contributed by atoms with Gasteiger partial charge in [-0.05, 0) is 0 Å². The van der Waals surface area contributed by atoms with Crippen molar-refractivity contribution in [3.63, 3.8) is 0 Å². The van der Waals surface area contributed by atoms with Gasteiger partial charge in [-0.3, -0.25) is 4.79 Å². The first-order chi connectivity index (χ1) is 6.24. The van der Waals surface area contributed by atoms with Crippen LogP contribution in [0.3, 0.4) is 0 Å². The van der Waals surface area contributed by atoms with E-state index in [0.29, 0.717) is 19.5 Å². The highest BCUT2D eigenvalue weighted by Crippen LogP contribution is 1.90. The molecule has 6 heteroatoms. The Morgan fingerprint density at radius 3 is 3.08 bits per heavy atom. The quantitative estimate of drug-likeness (QED) is 0.612. The molecule has 1 heterocycles. The van der Waals surface area contributed by atoms with Crippen LogP contribution in [-0.4, -0.2) is 27.2 Å². The van der Waals surface area contributed by atoms with Gasteiger partial charge in [0.25, 0.3) is 0 Å². The Kier molecular flexibility index (Phi) is 3.39. The van der Waals surface area contributed by atoms with Crippen LogP contribution in [0.1, 0.15) is 12.2 Å². The summed E-state index contributed by atoms with van der Waals surface area (Å²) < 4.78 is 1.75. The number of nitrogens with one attached hydrogen (secondary N) is 1. The molecule has 1 amide bonds. The van der Waals surface area contributed by atoms with Gasteiger partial charge in [-0.15, -0.1) is 10.2 Å². The summed E-state index contributed by atoms with van der Waals surface area (Å²) in [6.45, 7) is 0.764. The van der Waals surface area contributed by atoms with Crippen LogP contribution in [-0.2, 0) is 18.4 Å². The van der Waals surface area contributed by atoms with Crippen molar-refractivity contribution in [1.82, 2.24) is 20.1 Å². The van der Waals surface area contributed by atoms with Gasteiger partial charge < -0.3 is 15.6 Å². The van der Waals surface area contributed by atoms with E-state index in [9.17, 15) is 4.79 Å². The third kappa shape index (κ3) is 2.83. The molecule has 0 bridgehead atoms. The molecular formula is C7H13N5O. The Morgan fingerprint density at radius 1 is 1.77 bits per heavy atom. The van der Waals surface area contributed by atoms with Crippen LogP contribution in [0.2, 0.25) is 0 Å². The molecule has 6 nitrogen and oxygen atoms in total. The largest absolute Gasteiger partial charge is 0.349 e. The summed E-state index contributed by atoms with van der Waals surface area (Å²) in [5.74, 6) is 0.663. The zero-order chi connectivity index (χ0) is 9.68. The van der Waals surface area contributed by atoms with Crippen molar-refractivity contribution in [2.45, 2.75) is 13.0 Å². The molecule has 0 fully saturated rings. The number of aryl methyl sites for hydroxylation is 1.